The molecule has 104 valence electrons. The molecule has 1 fully saturated rings. The highest BCUT2D eigenvalue weighted by Crippen LogP contribution is 2.35. The minimum Gasteiger partial charge on any atom is -0.454 e. The highest BCUT2D eigenvalue weighted by atomic mass is 16.7. The van der Waals surface area contributed by atoms with Crippen molar-refractivity contribution in [1.29, 1.82) is 0 Å². The van der Waals surface area contributed by atoms with Crippen LogP contribution < -0.4 is 19.7 Å². The lowest BCUT2D eigenvalue weighted by Crippen LogP contribution is -2.53. The predicted molar refractivity (Wildman–Crippen MR) is 75.1 cm³/mol. The van der Waals surface area contributed by atoms with Gasteiger partial charge < -0.3 is 24.6 Å². The van der Waals surface area contributed by atoms with E-state index >= 15 is 0 Å². The molecule has 1 atom stereocenters. The van der Waals surface area contributed by atoms with Crippen LogP contribution in [0.3, 0.4) is 0 Å². The Hall–Kier alpha value is -1.46. The van der Waals surface area contributed by atoms with Crippen molar-refractivity contribution in [2.45, 2.75) is 6.04 Å². The van der Waals surface area contributed by atoms with E-state index in [9.17, 15) is 0 Å². The molecule has 0 aliphatic carbocycles. The second kappa shape index (κ2) is 5.27. The summed E-state index contributed by atoms with van der Waals surface area (Å²) in [7, 11) is 4.29. The number of rotatable bonds is 3. The minimum atomic E-state index is 0.331. The van der Waals surface area contributed by atoms with E-state index in [2.05, 4.69) is 41.3 Å². The van der Waals surface area contributed by atoms with E-state index in [-0.39, 0.29) is 0 Å². The normalized spacial score (nSPS) is 22.5. The zero-order chi connectivity index (χ0) is 13.2. The van der Waals surface area contributed by atoms with Crippen molar-refractivity contribution < 1.29 is 9.47 Å². The van der Waals surface area contributed by atoms with Gasteiger partial charge in [0.1, 0.15) is 0 Å². The predicted octanol–water partition coefficient (Wildman–Crippen LogP) is 0.755. The lowest BCUT2D eigenvalue weighted by Gasteiger charge is -2.34. The van der Waals surface area contributed by atoms with E-state index < -0.39 is 0 Å². The number of hydrogen-bond donors (Lipinski definition) is 1. The van der Waals surface area contributed by atoms with Gasteiger partial charge in [0, 0.05) is 51.0 Å². The summed E-state index contributed by atoms with van der Waals surface area (Å²) in [5.41, 5.74) is 1.17. The molecular weight excluding hydrogens is 242 g/mol. The fourth-order valence-corrected chi connectivity index (χ4v) is 2.67. The Morgan fingerprint density at radius 2 is 2.21 bits per heavy atom. The van der Waals surface area contributed by atoms with Crippen molar-refractivity contribution >= 4 is 5.69 Å². The molecule has 2 aliphatic rings. The maximum absolute atomic E-state index is 5.42. The molecule has 19 heavy (non-hydrogen) atoms. The fraction of sp³-hybridized carbons (Fsp3) is 0.571. The Morgan fingerprint density at radius 3 is 3.05 bits per heavy atom. The van der Waals surface area contributed by atoms with Crippen LogP contribution in [0.2, 0.25) is 0 Å². The molecular formula is C14H21N3O2. The Bertz CT molecular complexity index is 452. The number of hydrogen-bond acceptors (Lipinski definition) is 5. The monoisotopic (exact) mass is 263 g/mol. The second-order valence-corrected chi connectivity index (χ2v) is 5.33. The van der Waals surface area contributed by atoms with Gasteiger partial charge in [-0.25, -0.2) is 0 Å². The van der Waals surface area contributed by atoms with Crippen LogP contribution in [0.15, 0.2) is 18.2 Å². The van der Waals surface area contributed by atoms with E-state index in [4.69, 9.17) is 9.47 Å². The first kappa shape index (κ1) is 12.6. The summed E-state index contributed by atoms with van der Waals surface area (Å²) in [6.45, 7) is 4.61. The summed E-state index contributed by atoms with van der Waals surface area (Å²) in [6.07, 6.45) is 0. The number of benzene rings is 1. The van der Waals surface area contributed by atoms with Crippen molar-refractivity contribution in [2.24, 2.45) is 0 Å². The van der Waals surface area contributed by atoms with Gasteiger partial charge in [0.2, 0.25) is 6.79 Å². The molecule has 1 unspecified atom stereocenters. The van der Waals surface area contributed by atoms with Gasteiger partial charge >= 0.3 is 0 Å². The van der Waals surface area contributed by atoms with Crippen LogP contribution in [0.25, 0.3) is 0 Å². The van der Waals surface area contributed by atoms with E-state index in [1.165, 1.54) is 5.69 Å². The molecule has 5 heteroatoms. The largest absolute Gasteiger partial charge is 0.454 e. The molecule has 1 aromatic rings. The third-order valence-corrected chi connectivity index (χ3v) is 3.75. The van der Waals surface area contributed by atoms with Gasteiger partial charge in [-0.2, -0.15) is 0 Å². The van der Waals surface area contributed by atoms with Gasteiger partial charge in [0.15, 0.2) is 11.5 Å². The van der Waals surface area contributed by atoms with Gasteiger partial charge in [0.25, 0.3) is 0 Å². The summed E-state index contributed by atoms with van der Waals surface area (Å²) in [5.74, 6) is 1.69. The molecule has 3 rings (SSSR count). The van der Waals surface area contributed by atoms with Crippen LogP contribution in [0.5, 0.6) is 11.5 Å². The third kappa shape index (κ3) is 2.77. The van der Waals surface area contributed by atoms with Crippen LogP contribution in [-0.4, -0.2) is 58.0 Å². The summed E-state index contributed by atoms with van der Waals surface area (Å²) in [6, 6.07) is 6.62. The number of nitrogens with zero attached hydrogens (tertiary/aromatic N) is 2. The second-order valence-electron chi connectivity index (χ2n) is 5.33. The van der Waals surface area contributed by atoms with Crippen LogP contribution in [0.1, 0.15) is 0 Å². The number of fused-ring (bicyclic) bond motifs is 1. The van der Waals surface area contributed by atoms with E-state index in [1.807, 2.05) is 6.07 Å². The molecule has 0 saturated carbocycles. The fourth-order valence-electron chi connectivity index (χ4n) is 2.67. The number of anilines is 1. The standard InChI is InChI=1S/C14H21N3O2/c1-16-6-5-15-11(8-16)9-17(2)12-3-4-13-14(7-12)19-10-18-13/h3-4,7,11,15H,5-6,8-10H2,1-2H3. The first-order chi connectivity index (χ1) is 9.22. The zero-order valence-electron chi connectivity index (χ0n) is 11.6. The van der Waals surface area contributed by atoms with Crippen LogP contribution in [-0.2, 0) is 0 Å². The van der Waals surface area contributed by atoms with Crippen molar-refractivity contribution in [3.05, 3.63) is 18.2 Å². The molecule has 0 amide bonds. The van der Waals surface area contributed by atoms with E-state index in [1.54, 1.807) is 0 Å². The first-order valence-electron chi connectivity index (χ1n) is 6.75. The van der Waals surface area contributed by atoms with Crippen LogP contribution in [0, 0.1) is 0 Å². The Kier molecular flexibility index (Phi) is 3.48. The smallest absolute Gasteiger partial charge is 0.231 e. The lowest BCUT2D eigenvalue weighted by atomic mass is 10.2. The Labute approximate surface area is 114 Å². The van der Waals surface area contributed by atoms with Gasteiger partial charge in [-0.15, -0.1) is 0 Å². The topological polar surface area (TPSA) is 37.0 Å². The van der Waals surface area contributed by atoms with Crippen molar-refractivity contribution in [3.63, 3.8) is 0 Å². The minimum absolute atomic E-state index is 0.331. The molecule has 0 bridgehead atoms. The molecule has 1 aromatic carbocycles. The van der Waals surface area contributed by atoms with Crippen LogP contribution >= 0.6 is 0 Å². The summed E-state index contributed by atoms with van der Waals surface area (Å²) >= 11 is 0. The van der Waals surface area contributed by atoms with Crippen molar-refractivity contribution in [3.8, 4) is 11.5 Å². The summed E-state index contributed by atoms with van der Waals surface area (Å²) in [5, 5.41) is 3.56. The molecule has 0 spiro atoms. The zero-order valence-corrected chi connectivity index (χ0v) is 11.6. The van der Waals surface area contributed by atoms with Crippen LogP contribution in [0.4, 0.5) is 5.69 Å². The van der Waals surface area contributed by atoms with Gasteiger partial charge in [-0.1, -0.05) is 0 Å². The quantitative estimate of drug-likeness (QED) is 0.871. The average molecular weight is 263 g/mol. The summed E-state index contributed by atoms with van der Waals surface area (Å²) < 4.78 is 10.8. The van der Waals surface area contributed by atoms with Gasteiger partial charge in [0.05, 0.1) is 0 Å². The number of piperazine rings is 1. The molecule has 2 heterocycles. The van der Waals surface area contributed by atoms with E-state index in [0.29, 0.717) is 12.8 Å². The molecule has 0 radical (unpaired) electrons. The molecule has 1 N–H and O–H groups in total. The molecule has 0 aromatic heterocycles. The average Bonchev–Trinajstić information content (AvgIpc) is 2.85. The van der Waals surface area contributed by atoms with Crippen molar-refractivity contribution in [1.82, 2.24) is 10.2 Å². The Morgan fingerprint density at radius 1 is 1.37 bits per heavy atom. The van der Waals surface area contributed by atoms with Crippen molar-refractivity contribution in [2.75, 3.05) is 52.0 Å². The lowest BCUT2D eigenvalue weighted by molar-refractivity contribution is 0.174. The summed E-state index contributed by atoms with van der Waals surface area (Å²) in [4.78, 5) is 4.63. The maximum Gasteiger partial charge on any atom is 0.231 e. The van der Waals surface area contributed by atoms with Gasteiger partial charge in [-0.05, 0) is 19.2 Å². The molecule has 1 saturated heterocycles. The number of ether oxygens (including phenoxy) is 2. The first-order valence-corrected chi connectivity index (χ1v) is 6.75. The van der Waals surface area contributed by atoms with Gasteiger partial charge in [-0.3, -0.25) is 0 Å². The Balaban J connectivity index is 1.65. The molecule has 5 nitrogen and oxygen atoms in total. The number of likely N-dealkylation sites (N-methyl/N-ethyl adjacent to an activating group) is 2. The molecule has 2 aliphatic heterocycles. The SMILES string of the molecule is CN1CCNC(CN(C)c2ccc3c(c2)OCO3)C1. The van der Waals surface area contributed by atoms with E-state index in [0.717, 1.165) is 37.7 Å². The highest BCUT2D eigenvalue weighted by molar-refractivity contribution is 5.56. The highest BCUT2D eigenvalue weighted by Gasteiger charge is 2.19. The number of nitrogens with one attached hydrogen (secondary N) is 1. The maximum atomic E-state index is 5.42. The third-order valence-electron chi connectivity index (χ3n) is 3.75.